The lowest BCUT2D eigenvalue weighted by molar-refractivity contribution is -0.393. The molecule has 0 radical (unpaired) electrons. The Kier molecular flexibility index (Phi) is 3.97. The topological polar surface area (TPSA) is 40.5 Å². The van der Waals surface area contributed by atoms with E-state index in [0.29, 0.717) is 0 Å². The van der Waals surface area contributed by atoms with Crippen molar-refractivity contribution < 1.29 is 40.9 Å². The van der Waals surface area contributed by atoms with E-state index in [-0.39, 0.29) is 0 Å². The van der Waals surface area contributed by atoms with Gasteiger partial charge < -0.3 is 10.2 Å². The molecule has 0 aromatic rings. The molecule has 0 fully saturated rings. The Morgan fingerprint density at radius 2 is 1.40 bits per heavy atom. The highest BCUT2D eigenvalue weighted by Crippen LogP contribution is 2.47. The second-order valence-electron chi connectivity index (χ2n) is 2.72. The molecule has 0 saturated carbocycles. The van der Waals surface area contributed by atoms with E-state index in [4.69, 9.17) is 10.2 Å². The van der Waals surface area contributed by atoms with Crippen molar-refractivity contribution >= 4 is 0 Å². The van der Waals surface area contributed by atoms with E-state index in [0.717, 1.165) is 0 Å². The zero-order chi connectivity index (χ0) is 12.5. The molecule has 2 nitrogen and oxygen atoms in total. The van der Waals surface area contributed by atoms with Crippen molar-refractivity contribution in [2.45, 2.75) is 30.5 Å². The first-order chi connectivity index (χ1) is 6.48. The molecule has 1 atom stereocenters. The van der Waals surface area contributed by atoms with Gasteiger partial charge in [-0.25, -0.2) is 4.39 Å². The Morgan fingerprint density at radius 3 is 1.67 bits per heavy atom. The van der Waals surface area contributed by atoms with E-state index in [1.54, 1.807) is 0 Å². The molecule has 15 heavy (non-hydrogen) atoms. The lowest BCUT2D eigenvalue weighted by Crippen LogP contribution is -2.58. The molecule has 1 unspecified atom stereocenters. The van der Waals surface area contributed by atoms with Gasteiger partial charge >= 0.3 is 18.0 Å². The van der Waals surface area contributed by atoms with E-state index in [1.165, 1.54) is 0 Å². The molecule has 92 valence electrons. The van der Waals surface area contributed by atoms with Gasteiger partial charge in [-0.2, -0.15) is 26.3 Å². The van der Waals surface area contributed by atoms with Gasteiger partial charge in [0, 0.05) is 13.0 Å². The van der Waals surface area contributed by atoms with Crippen LogP contribution in [0.4, 0.5) is 30.7 Å². The van der Waals surface area contributed by atoms with Crippen LogP contribution in [0.15, 0.2) is 0 Å². The number of alkyl halides is 7. The molecule has 0 bridgehead atoms. The van der Waals surface area contributed by atoms with E-state index in [1.807, 2.05) is 0 Å². The average molecular weight is 244 g/mol. The van der Waals surface area contributed by atoms with Crippen molar-refractivity contribution in [1.29, 1.82) is 0 Å². The van der Waals surface area contributed by atoms with Gasteiger partial charge in [0.15, 0.2) is 6.17 Å². The summed E-state index contributed by atoms with van der Waals surface area (Å²) in [5.41, 5.74) is 0. The van der Waals surface area contributed by atoms with Crippen molar-refractivity contribution in [2.24, 2.45) is 0 Å². The van der Waals surface area contributed by atoms with Gasteiger partial charge in [0.05, 0.1) is 0 Å². The summed E-state index contributed by atoms with van der Waals surface area (Å²) in [4.78, 5) is 0. The Hall–Kier alpha value is -0.570. The Bertz CT molecular complexity index is 212. The molecule has 0 aromatic heterocycles. The van der Waals surface area contributed by atoms with E-state index < -0.39 is 37.2 Å². The summed E-state index contributed by atoms with van der Waals surface area (Å²) in [7, 11) is 0. The van der Waals surface area contributed by atoms with Crippen LogP contribution in [0.25, 0.3) is 0 Å². The number of rotatable bonds is 5. The number of hydrogen-bond acceptors (Lipinski definition) is 2. The molecule has 0 heterocycles. The molecule has 0 amide bonds. The Balaban J connectivity index is 5.00. The lowest BCUT2D eigenvalue weighted by Gasteiger charge is -2.31. The largest absolute Gasteiger partial charge is 0.423 e. The molecule has 0 aromatic carbocycles. The van der Waals surface area contributed by atoms with Gasteiger partial charge in [-0.1, -0.05) is 0 Å². The minimum absolute atomic E-state index is 1.22. The van der Waals surface area contributed by atoms with Crippen LogP contribution in [-0.2, 0) is 0 Å². The molecule has 0 spiro atoms. The molecule has 9 heteroatoms. The van der Waals surface area contributed by atoms with Gasteiger partial charge in [0.1, 0.15) is 0 Å². The van der Waals surface area contributed by atoms with Gasteiger partial charge in [-0.15, -0.1) is 0 Å². The molecular formula is C6H7F7O2. The maximum atomic E-state index is 12.4. The highest BCUT2D eigenvalue weighted by atomic mass is 19.4. The van der Waals surface area contributed by atoms with Crippen LogP contribution in [-0.4, -0.2) is 40.9 Å². The van der Waals surface area contributed by atoms with E-state index in [9.17, 15) is 30.7 Å². The zero-order valence-electron chi connectivity index (χ0n) is 7.03. The number of halogens is 7. The van der Waals surface area contributed by atoms with Crippen molar-refractivity contribution in [2.75, 3.05) is 6.61 Å². The minimum Gasteiger partial charge on any atom is -0.396 e. The highest BCUT2D eigenvalue weighted by Gasteiger charge is 2.74. The van der Waals surface area contributed by atoms with Crippen molar-refractivity contribution in [1.82, 2.24) is 0 Å². The third kappa shape index (κ3) is 2.51. The summed E-state index contributed by atoms with van der Waals surface area (Å²) in [5.74, 6) is -12.0. The first kappa shape index (κ1) is 14.4. The smallest absolute Gasteiger partial charge is 0.396 e. The summed E-state index contributed by atoms with van der Waals surface area (Å²) in [6, 6.07) is 0. The fourth-order valence-corrected chi connectivity index (χ4v) is 0.692. The number of hydrogen-bond donors (Lipinski definition) is 2. The van der Waals surface area contributed by atoms with Crippen LogP contribution >= 0.6 is 0 Å². The zero-order valence-corrected chi connectivity index (χ0v) is 7.03. The summed E-state index contributed by atoms with van der Waals surface area (Å²) in [5, 5.41) is 15.5. The van der Waals surface area contributed by atoms with Crippen LogP contribution in [0.1, 0.15) is 6.42 Å². The molecule has 0 aliphatic carbocycles. The predicted octanol–water partition coefficient (Wildman–Crippen LogP) is 1.56. The normalized spacial score (nSPS) is 16.6. The van der Waals surface area contributed by atoms with Gasteiger partial charge in [-0.3, -0.25) is 0 Å². The van der Waals surface area contributed by atoms with Crippen LogP contribution in [0, 0.1) is 0 Å². The van der Waals surface area contributed by atoms with E-state index >= 15 is 0 Å². The van der Waals surface area contributed by atoms with Crippen molar-refractivity contribution in [3.05, 3.63) is 0 Å². The Morgan fingerprint density at radius 1 is 1.00 bits per heavy atom. The molecular weight excluding hydrogens is 237 g/mol. The summed E-state index contributed by atoms with van der Waals surface area (Å²) in [6.45, 7) is -1.22. The lowest BCUT2D eigenvalue weighted by atomic mass is 10.0. The molecule has 0 rings (SSSR count). The molecule has 0 aliphatic rings. The van der Waals surface area contributed by atoms with Gasteiger partial charge in [0.25, 0.3) is 0 Å². The molecule has 2 N–H and O–H groups in total. The first-order valence-electron chi connectivity index (χ1n) is 3.59. The second-order valence-corrected chi connectivity index (χ2v) is 2.72. The van der Waals surface area contributed by atoms with Crippen LogP contribution in [0.2, 0.25) is 0 Å². The fraction of sp³-hybridized carbons (Fsp3) is 1.00. The quantitative estimate of drug-likeness (QED) is 0.720. The second kappa shape index (κ2) is 4.12. The van der Waals surface area contributed by atoms with Crippen LogP contribution in [0.3, 0.4) is 0 Å². The average Bonchev–Trinajstić information content (AvgIpc) is 2.02. The van der Waals surface area contributed by atoms with Crippen molar-refractivity contribution in [3.8, 4) is 0 Å². The minimum atomic E-state index is -6.24. The maximum Gasteiger partial charge on any atom is 0.423 e. The summed E-state index contributed by atoms with van der Waals surface area (Å²) < 4.78 is 85.0. The van der Waals surface area contributed by atoms with Crippen molar-refractivity contribution in [3.63, 3.8) is 0 Å². The van der Waals surface area contributed by atoms with Crippen LogP contribution < -0.4 is 0 Å². The highest BCUT2D eigenvalue weighted by molar-refractivity contribution is 4.95. The monoisotopic (exact) mass is 244 g/mol. The third-order valence-corrected chi connectivity index (χ3v) is 1.57. The molecule has 0 saturated heterocycles. The predicted molar refractivity (Wildman–Crippen MR) is 33.7 cm³/mol. The standard InChI is InChI=1S/C6H7F7O2/c7-3(1-2-14)4(8,9)5(10,11)6(12,13)15/h3,14-15H,1-2H2. The van der Waals surface area contributed by atoms with Crippen LogP contribution in [0.5, 0.6) is 0 Å². The summed E-state index contributed by atoms with van der Waals surface area (Å²) >= 11 is 0. The summed E-state index contributed by atoms with van der Waals surface area (Å²) in [6.07, 6.45) is -11.2. The number of aliphatic hydroxyl groups is 2. The maximum absolute atomic E-state index is 12.4. The SMILES string of the molecule is OCCC(F)C(F)(F)C(F)(F)C(O)(F)F. The number of aliphatic hydroxyl groups excluding tert-OH is 1. The van der Waals surface area contributed by atoms with Gasteiger partial charge in [0.2, 0.25) is 0 Å². The van der Waals surface area contributed by atoms with Gasteiger partial charge in [-0.05, 0) is 0 Å². The fourth-order valence-electron chi connectivity index (χ4n) is 0.692. The van der Waals surface area contributed by atoms with E-state index in [2.05, 4.69) is 0 Å². The third-order valence-electron chi connectivity index (χ3n) is 1.57. The Labute approximate surface area is 79.3 Å². The molecule has 0 aliphatic heterocycles. The first-order valence-corrected chi connectivity index (χ1v) is 3.59.